The van der Waals surface area contributed by atoms with Gasteiger partial charge in [-0.3, -0.25) is 9.69 Å². The summed E-state index contributed by atoms with van der Waals surface area (Å²) >= 11 is 1.34. The first-order valence-electron chi connectivity index (χ1n) is 7.81. The fourth-order valence-electron chi connectivity index (χ4n) is 2.23. The number of rotatable bonds is 6. The quantitative estimate of drug-likeness (QED) is 0.608. The van der Waals surface area contributed by atoms with Crippen LogP contribution in [0.15, 0.2) is 36.0 Å². The summed E-state index contributed by atoms with van der Waals surface area (Å²) in [6.45, 7) is 3.94. The fourth-order valence-corrected chi connectivity index (χ4v) is 3.15. The molecule has 0 spiro atoms. The molecule has 0 aliphatic rings. The predicted molar refractivity (Wildman–Crippen MR) is 94.1 cm³/mol. The van der Waals surface area contributed by atoms with Crippen LogP contribution in [0, 0.1) is 0 Å². The van der Waals surface area contributed by atoms with Gasteiger partial charge in [-0.1, -0.05) is 0 Å². The van der Waals surface area contributed by atoms with E-state index in [0.717, 1.165) is 5.69 Å². The van der Waals surface area contributed by atoms with E-state index in [-0.39, 0.29) is 12.5 Å². The molecule has 0 radical (unpaired) electrons. The van der Waals surface area contributed by atoms with Crippen molar-refractivity contribution in [2.75, 3.05) is 11.4 Å². The van der Waals surface area contributed by atoms with E-state index < -0.39 is 5.97 Å². The third-order valence-corrected chi connectivity index (χ3v) is 4.45. The second-order valence-electron chi connectivity index (χ2n) is 5.26. The lowest BCUT2D eigenvalue weighted by atomic mass is 10.2. The molecule has 1 amide bonds. The summed E-state index contributed by atoms with van der Waals surface area (Å²) in [5, 5.41) is 13.3. The molecule has 0 aliphatic carbocycles. The van der Waals surface area contributed by atoms with Gasteiger partial charge in [0.1, 0.15) is 12.9 Å². The summed E-state index contributed by atoms with van der Waals surface area (Å²) in [6, 6.07) is 6.72. The first-order valence-corrected chi connectivity index (χ1v) is 8.69. The molecule has 10 heteroatoms. The van der Waals surface area contributed by atoms with Crippen LogP contribution in [0.1, 0.15) is 29.9 Å². The molecule has 0 saturated heterocycles. The normalized spacial score (nSPS) is 10.5. The Labute approximate surface area is 153 Å². The van der Waals surface area contributed by atoms with Crippen molar-refractivity contribution in [3.63, 3.8) is 0 Å². The van der Waals surface area contributed by atoms with E-state index in [4.69, 9.17) is 4.74 Å². The number of benzene rings is 1. The Bertz CT molecular complexity index is 891. The predicted octanol–water partition coefficient (Wildman–Crippen LogP) is 1.85. The zero-order valence-electron chi connectivity index (χ0n) is 14.2. The number of esters is 1. The van der Waals surface area contributed by atoms with E-state index in [1.165, 1.54) is 29.3 Å². The van der Waals surface area contributed by atoms with Crippen LogP contribution in [0.2, 0.25) is 0 Å². The summed E-state index contributed by atoms with van der Waals surface area (Å²) < 4.78 is 6.77. The average Bonchev–Trinajstić information content (AvgIpc) is 3.32. The van der Waals surface area contributed by atoms with Gasteiger partial charge in [0.15, 0.2) is 5.13 Å². The minimum absolute atomic E-state index is 0.0412. The van der Waals surface area contributed by atoms with Crippen LogP contribution in [0.4, 0.5) is 5.13 Å². The fraction of sp³-hybridized carbons (Fsp3) is 0.250. The van der Waals surface area contributed by atoms with Crippen LogP contribution >= 0.6 is 11.3 Å². The summed E-state index contributed by atoms with van der Waals surface area (Å²) in [5.74, 6) is -0.533. The van der Waals surface area contributed by atoms with Gasteiger partial charge in [0, 0.05) is 18.8 Å². The number of ether oxygens (including phenoxy) is 1. The topological polar surface area (TPSA) is 103 Å². The number of tetrazole rings is 1. The van der Waals surface area contributed by atoms with Crippen molar-refractivity contribution in [1.29, 1.82) is 0 Å². The summed E-state index contributed by atoms with van der Waals surface area (Å²) in [4.78, 5) is 29.6. The molecule has 0 bridgehead atoms. The van der Waals surface area contributed by atoms with Gasteiger partial charge in [-0.2, -0.15) is 0 Å². The number of hydrogen-bond acceptors (Lipinski definition) is 8. The Kier molecular flexibility index (Phi) is 5.32. The minimum atomic E-state index is -0.457. The van der Waals surface area contributed by atoms with Gasteiger partial charge in [0.25, 0.3) is 0 Å². The van der Waals surface area contributed by atoms with Crippen LogP contribution < -0.4 is 4.90 Å². The van der Waals surface area contributed by atoms with Crippen molar-refractivity contribution in [3.8, 4) is 5.69 Å². The van der Waals surface area contributed by atoms with E-state index in [1.807, 2.05) is 6.92 Å². The lowest BCUT2D eigenvalue weighted by molar-refractivity contribution is -0.116. The number of carbonyl (C=O) groups excluding carboxylic acids is 2. The van der Waals surface area contributed by atoms with E-state index in [0.29, 0.717) is 22.9 Å². The van der Waals surface area contributed by atoms with Crippen molar-refractivity contribution >= 4 is 28.3 Å². The molecular weight excluding hydrogens is 356 g/mol. The molecule has 0 unspecified atom stereocenters. The molecule has 3 rings (SSSR count). The second-order valence-corrected chi connectivity index (χ2v) is 6.10. The SMILES string of the molecule is CCN(C(C)=O)c1nc(COC(=O)c2ccc(-n3cnnn3)cc2)cs1. The summed E-state index contributed by atoms with van der Waals surface area (Å²) in [5.41, 5.74) is 1.75. The van der Waals surface area contributed by atoms with E-state index >= 15 is 0 Å². The molecule has 0 atom stereocenters. The van der Waals surface area contributed by atoms with Crippen LogP contribution in [-0.2, 0) is 16.1 Å². The maximum Gasteiger partial charge on any atom is 0.338 e. The zero-order chi connectivity index (χ0) is 18.5. The van der Waals surface area contributed by atoms with Gasteiger partial charge in [-0.05, 0) is 41.6 Å². The van der Waals surface area contributed by atoms with Gasteiger partial charge < -0.3 is 4.74 Å². The standard InChI is InChI=1S/C16H16N6O3S/c1-3-21(11(2)23)16-18-13(9-26-16)8-25-15(24)12-4-6-14(7-5-12)22-10-17-19-20-22/h4-7,9-10H,3,8H2,1-2H3. The van der Waals surface area contributed by atoms with E-state index in [9.17, 15) is 9.59 Å². The second kappa shape index (κ2) is 7.83. The third kappa shape index (κ3) is 3.91. The highest BCUT2D eigenvalue weighted by molar-refractivity contribution is 7.14. The number of anilines is 1. The molecule has 134 valence electrons. The van der Waals surface area contributed by atoms with Crippen molar-refractivity contribution in [3.05, 3.63) is 47.2 Å². The maximum atomic E-state index is 12.2. The molecule has 0 saturated carbocycles. The molecular formula is C16H16N6O3S. The molecule has 26 heavy (non-hydrogen) atoms. The highest BCUT2D eigenvalue weighted by Gasteiger charge is 2.15. The smallest absolute Gasteiger partial charge is 0.338 e. The molecule has 2 aromatic heterocycles. The van der Waals surface area contributed by atoms with E-state index in [2.05, 4.69) is 20.5 Å². The molecule has 9 nitrogen and oxygen atoms in total. The first kappa shape index (κ1) is 17.7. The van der Waals surface area contributed by atoms with Crippen molar-refractivity contribution in [2.24, 2.45) is 0 Å². The molecule has 2 heterocycles. The minimum Gasteiger partial charge on any atom is -0.456 e. The first-order chi connectivity index (χ1) is 12.6. The van der Waals surface area contributed by atoms with Crippen LogP contribution in [0.5, 0.6) is 0 Å². The molecule has 1 aromatic carbocycles. The van der Waals surface area contributed by atoms with Crippen molar-refractivity contribution in [2.45, 2.75) is 20.5 Å². The molecule has 0 aliphatic heterocycles. The van der Waals surface area contributed by atoms with Gasteiger partial charge in [-0.25, -0.2) is 14.5 Å². The monoisotopic (exact) mass is 372 g/mol. The highest BCUT2D eigenvalue weighted by Crippen LogP contribution is 2.21. The van der Waals surface area contributed by atoms with Gasteiger partial charge in [0.05, 0.1) is 16.9 Å². The number of nitrogens with zero attached hydrogens (tertiary/aromatic N) is 6. The van der Waals surface area contributed by atoms with Gasteiger partial charge in [0.2, 0.25) is 5.91 Å². The lowest BCUT2D eigenvalue weighted by Crippen LogP contribution is -2.27. The van der Waals surface area contributed by atoms with Crippen molar-refractivity contribution < 1.29 is 14.3 Å². The van der Waals surface area contributed by atoms with Crippen LogP contribution in [-0.4, -0.2) is 43.6 Å². The van der Waals surface area contributed by atoms with Crippen LogP contribution in [0.25, 0.3) is 5.69 Å². The summed E-state index contributed by atoms with van der Waals surface area (Å²) in [7, 11) is 0. The Morgan fingerprint density at radius 2 is 2.04 bits per heavy atom. The Morgan fingerprint density at radius 3 is 2.65 bits per heavy atom. The number of aromatic nitrogens is 5. The zero-order valence-corrected chi connectivity index (χ0v) is 15.0. The largest absolute Gasteiger partial charge is 0.456 e. The van der Waals surface area contributed by atoms with Crippen molar-refractivity contribution in [1.82, 2.24) is 25.2 Å². The Balaban J connectivity index is 1.60. The summed E-state index contributed by atoms with van der Waals surface area (Å²) in [6.07, 6.45) is 1.47. The number of carbonyl (C=O) groups is 2. The van der Waals surface area contributed by atoms with Gasteiger partial charge in [-0.15, -0.1) is 16.4 Å². The maximum absolute atomic E-state index is 12.2. The number of amides is 1. The Hall–Kier alpha value is -3.14. The molecule has 3 aromatic rings. The van der Waals surface area contributed by atoms with Crippen LogP contribution in [0.3, 0.4) is 0 Å². The lowest BCUT2D eigenvalue weighted by Gasteiger charge is -2.14. The van der Waals surface area contributed by atoms with Gasteiger partial charge >= 0.3 is 5.97 Å². The third-order valence-electron chi connectivity index (χ3n) is 3.53. The number of hydrogen-bond donors (Lipinski definition) is 0. The van der Waals surface area contributed by atoms with E-state index in [1.54, 1.807) is 34.5 Å². The number of thiazole rings is 1. The molecule has 0 fully saturated rings. The Morgan fingerprint density at radius 1 is 1.27 bits per heavy atom. The highest BCUT2D eigenvalue weighted by atomic mass is 32.1. The average molecular weight is 372 g/mol. The molecule has 0 N–H and O–H groups in total.